The number of nitrogens with zero attached hydrogens (tertiary/aromatic N) is 1. The van der Waals surface area contributed by atoms with E-state index in [0.29, 0.717) is 0 Å². The van der Waals surface area contributed by atoms with Crippen LogP contribution in [0.3, 0.4) is 0 Å². The Balaban J connectivity index is 2.13. The molecule has 1 aliphatic rings. The Bertz CT molecular complexity index is 308. The average Bonchev–Trinajstić information content (AvgIpc) is 2.69. The average molecular weight is 192 g/mol. The van der Waals surface area contributed by atoms with Gasteiger partial charge in [-0.25, -0.2) is 0 Å². The fourth-order valence-corrected chi connectivity index (χ4v) is 1.95. The van der Waals surface area contributed by atoms with Gasteiger partial charge in [0.1, 0.15) is 0 Å². The molecule has 76 valence electrons. The first-order chi connectivity index (χ1) is 6.77. The van der Waals surface area contributed by atoms with Gasteiger partial charge in [0.05, 0.1) is 6.10 Å². The van der Waals surface area contributed by atoms with E-state index >= 15 is 0 Å². The third kappa shape index (κ3) is 1.94. The van der Waals surface area contributed by atoms with Crippen molar-refractivity contribution < 1.29 is 5.11 Å². The molecule has 0 amide bonds. The molecule has 1 unspecified atom stereocenters. The third-order valence-electron chi connectivity index (χ3n) is 2.72. The highest BCUT2D eigenvalue weighted by Gasteiger charge is 2.23. The number of aliphatic hydroxyl groups excluding tert-OH is 1. The first kappa shape index (κ1) is 9.62. The molecular weight excluding hydrogens is 176 g/mol. The number of aromatic nitrogens is 1. The Morgan fingerprint density at radius 3 is 3.07 bits per heavy atom. The molecule has 0 aliphatic carbocycles. The van der Waals surface area contributed by atoms with Crippen molar-refractivity contribution in [3.05, 3.63) is 29.6 Å². The predicted octanol–water partition coefficient (Wildman–Crippen LogP) is 1.18. The van der Waals surface area contributed by atoms with Crippen molar-refractivity contribution in [3.63, 3.8) is 0 Å². The minimum absolute atomic E-state index is 0.207. The second-order valence-corrected chi connectivity index (χ2v) is 3.94. The molecule has 2 N–H and O–H groups in total. The highest BCUT2D eigenvalue weighted by Crippen LogP contribution is 2.22. The predicted molar refractivity (Wildman–Crippen MR) is 55.0 cm³/mol. The van der Waals surface area contributed by atoms with Crippen LogP contribution in [-0.2, 0) is 0 Å². The van der Waals surface area contributed by atoms with Gasteiger partial charge in [-0.2, -0.15) is 0 Å². The van der Waals surface area contributed by atoms with Gasteiger partial charge >= 0.3 is 0 Å². The lowest BCUT2D eigenvalue weighted by Gasteiger charge is -2.18. The van der Waals surface area contributed by atoms with Crippen molar-refractivity contribution in [2.75, 3.05) is 6.54 Å². The van der Waals surface area contributed by atoms with Crippen molar-refractivity contribution in [2.45, 2.75) is 31.9 Å². The quantitative estimate of drug-likeness (QED) is 0.739. The topological polar surface area (TPSA) is 45.2 Å². The Morgan fingerprint density at radius 1 is 1.57 bits per heavy atom. The van der Waals surface area contributed by atoms with Crippen LogP contribution in [0.15, 0.2) is 18.5 Å². The zero-order chi connectivity index (χ0) is 9.97. The molecule has 0 bridgehead atoms. The Morgan fingerprint density at radius 2 is 2.43 bits per heavy atom. The van der Waals surface area contributed by atoms with E-state index in [2.05, 4.69) is 10.3 Å². The van der Waals surface area contributed by atoms with E-state index in [0.717, 1.165) is 30.5 Å². The zero-order valence-corrected chi connectivity index (χ0v) is 8.40. The molecule has 3 nitrogen and oxygen atoms in total. The molecule has 2 rings (SSSR count). The number of pyridine rings is 1. The number of aliphatic hydroxyl groups is 1. The molecule has 3 heteroatoms. The maximum atomic E-state index is 10.0. The fraction of sp³-hybridized carbons (Fsp3) is 0.545. The van der Waals surface area contributed by atoms with Gasteiger partial charge in [-0.1, -0.05) is 6.07 Å². The van der Waals surface area contributed by atoms with Gasteiger partial charge in [0.2, 0.25) is 0 Å². The standard InChI is InChI=1S/C11H16N2O/c1-8-5-9(7-12-6-8)11(14)10-3-2-4-13-10/h5-7,10-11,13-14H,2-4H2,1H3/t10-,11?/m0/s1. The SMILES string of the molecule is Cc1cncc(C(O)[C@@H]2CCCN2)c1. The van der Waals surface area contributed by atoms with E-state index in [-0.39, 0.29) is 6.04 Å². The molecular formula is C11H16N2O. The molecule has 0 saturated carbocycles. The normalized spacial score (nSPS) is 23.7. The summed E-state index contributed by atoms with van der Waals surface area (Å²) >= 11 is 0. The largest absolute Gasteiger partial charge is 0.387 e. The van der Waals surface area contributed by atoms with Crippen LogP contribution >= 0.6 is 0 Å². The smallest absolute Gasteiger partial charge is 0.0957 e. The summed E-state index contributed by atoms with van der Waals surface area (Å²) in [7, 11) is 0. The van der Waals surface area contributed by atoms with Gasteiger partial charge < -0.3 is 10.4 Å². The van der Waals surface area contributed by atoms with Gasteiger partial charge in [-0.05, 0) is 31.9 Å². The molecule has 2 heterocycles. The van der Waals surface area contributed by atoms with Crippen LogP contribution in [0.25, 0.3) is 0 Å². The third-order valence-corrected chi connectivity index (χ3v) is 2.72. The number of rotatable bonds is 2. The molecule has 1 aromatic rings. The molecule has 1 saturated heterocycles. The minimum atomic E-state index is -0.412. The summed E-state index contributed by atoms with van der Waals surface area (Å²) in [6, 6.07) is 2.20. The van der Waals surface area contributed by atoms with Gasteiger partial charge in [-0.15, -0.1) is 0 Å². The Hall–Kier alpha value is -0.930. The number of hydrogen-bond acceptors (Lipinski definition) is 3. The molecule has 0 spiro atoms. The van der Waals surface area contributed by atoms with Crippen LogP contribution in [0.1, 0.15) is 30.1 Å². The van der Waals surface area contributed by atoms with Gasteiger partial charge in [-0.3, -0.25) is 4.98 Å². The van der Waals surface area contributed by atoms with Crippen molar-refractivity contribution in [1.29, 1.82) is 0 Å². The molecule has 0 aromatic carbocycles. The summed E-state index contributed by atoms with van der Waals surface area (Å²) in [6.45, 7) is 3.01. The van der Waals surface area contributed by atoms with Crippen molar-refractivity contribution >= 4 is 0 Å². The summed E-state index contributed by atoms with van der Waals surface area (Å²) in [5.41, 5.74) is 2.02. The lowest BCUT2D eigenvalue weighted by Crippen LogP contribution is -2.28. The van der Waals surface area contributed by atoms with E-state index in [4.69, 9.17) is 0 Å². The lowest BCUT2D eigenvalue weighted by atomic mass is 10.0. The van der Waals surface area contributed by atoms with Gasteiger partial charge in [0.15, 0.2) is 0 Å². The summed E-state index contributed by atoms with van der Waals surface area (Å²) < 4.78 is 0. The highest BCUT2D eigenvalue weighted by molar-refractivity contribution is 5.20. The maximum absolute atomic E-state index is 10.0. The highest BCUT2D eigenvalue weighted by atomic mass is 16.3. The molecule has 1 aliphatic heterocycles. The number of hydrogen-bond donors (Lipinski definition) is 2. The fourth-order valence-electron chi connectivity index (χ4n) is 1.95. The zero-order valence-electron chi connectivity index (χ0n) is 8.40. The Kier molecular flexibility index (Phi) is 2.79. The second-order valence-electron chi connectivity index (χ2n) is 3.94. The van der Waals surface area contributed by atoms with Crippen LogP contribution in [0, 0.1) is 6.92 Å². The summed E-state index contributed by atoms with van der Waals surface area (Å²) in [5, 5.41) is 13.3. The van der Waals surface area contributed by atoms with E-state index < -0.39 is 6.10 Å². The van der Waals surface area contributed by atoms with Crippen molar-refractivity contribution in [1.82, 2.24) is 10.3 Å². The van der Waals surface area contributed by atoms with Crippen LogP contribution in [0.4, 0.5) is 0 Å². The van der Waals surface area contributed by atoms with Gasteiger partial charge in [0.25, 0.3) is 0 Å². The molecule has 0 radical (unpaired) electrons. The molecule has 14 heavy (non-hydrogen) atoms. The molecule has 1 aromatic heterocycles. The molecule has 1 fully saturated rings. The van der Waals surface area contributed by atoms with E-state index in [9.17, 15) is 5.11 Å². The summed E-state index contributed by atoms with van der Waals surface area (Å²) in [5.74, 6) is 0. The van der Waals surface area contributed by atoms with Crippen LogP contribution in [0.5, 0.6) is 0 Å². The number of aryl methyl sites for hydroxylation is 1. The first-order valence-corrected chi connectivity index (χ1v) is 5.10. The minimum Gasteiger partial charge on any atom is -0.387 e. The van der Waals surface area contributed by atoms with Crippen LogP contribution < -0.4 is 5.32 Å². The number of nitrogens with one attached hydrogen (secondary N) is 1. The summed E-state index contributed by atoms with van der Waals surface area (Å²) in [6.07, 6.45) is 5.34. The van der Waals surface area contributed by atoms with E-state index in [1.807, 2.05) is 13.0 Å². The van der Waals surface area contributed by atoms with Crippen LogP contribution in [-0.4, -0.2) is 22.7 Å². The first-order valence-electron chi connectivity index (χ1n) is 5.10. The van der Waals surface area contributed by atoms with Crippen molar-refractivity contribution in [3.8, 4) is 0 Å². The van der Waals surface area contributed by atoms with Crippen molar-refractivity contribution in [2.24, 2.45) is 0 Å². The van der Waals surface area contributed by atoms with E-state index in [1.165, 1.54) is 0 Å². The second kappa shape index (κ2) is 4.07. The van der Waals surface area contributed by atoms with Crippen LogP contribution in [0.2, 0.25) is 0 Å². The lowest BCUT2D eigenvalue weighted by molar-refractivity contribution is 0.137. The Labute approximate surface area is 84.2 Å². The van der Waals surface area contributed by atoms with E-state index in [1.54, 1.807) is 12.4 Å². The maximum Gasteiger partial charge on any atom is 0.0957 e. The molecule has 2 atom stereocenters. The monoisotopic (exact) mass is 192 g/mol. The summed E-state index contributed by atoms with van der Waals surface area (Å²) in [4.78, 5) is 4.09. The van der Waals surface area contributed by atoms with Gasteiger partial charge in [0, 0.05) is 24.0 Å².